The molecule has 0 heterocycles. The summed E-state index contributed by atoms with van der Waals surface area (Å²) in [7, 11) is 4.32. The molecule has 0 radical (unpaired) electrons. The van der Waals surface area contributed by atoms with Gasteiger partial charge in [0.25, 0.3) is 11.8 Å². The summed E-state index contributed by atoms with van der Waals surface area (Å²) in [5.41, 5.74) is 3.18. The predicted molar refractivity (Wildman–Crippen MR) is 152 cm³/mol. The zero-order chi connectivity index (χ0) is 28.5. The Labute approximate surface area is 245 Å². The fraction of sp³-hybridized carbons (Fsp3) is 0.154. The van der Waals surface area contributed by atoms with Crippen molar-refractivity contribution in [2.45, 2.75) is 0 Å². The maximum Gasteiger partial charge on any atom is 0.343 e. The van der Waals surface area contributed by atoms with Crippen molar-refractivity contribution in [2.75, 3.05) is 27.9 Å². The molecule has 39 heavy (non-hydrogen) atoms. The van der Waals surface area contributed by atoms with Crippen molar-refractivity contribution in [2.24, 2.45) is 5.10 Å². The fourth-order valence-electron chi connectivity index (χ4n) is 3.21. The number of hydrogen-bond donors (Lipinski definition) is 2. The topological polar surface area (TPSA) is 125 Å². The van der Waals surface area contributed by atoms with Crippen LogP contribution in [-0.2, 0) is 4.79 Å². The van der Waals surface area contributed by atoms with Crippen LogP contribution in [0.15, 0.2) is 62.6 Å². The summed E-state index contributed by atoms with van der Waals surface area (Å²) in [4.78, 5) is 37.4. The number of amides is 2. The third-order valence-electron chi connectivity index (χ3n) is 5.04. The van der Waals surface area contributed by atoms with Crippen LogP contribution < -0.4 is 29.7 Å². The van der Waals surface area contributed by atoms with Gasteiger partial charge in [-0.2, -0.15) is 5.10 Å². The molecular formula is C26H22Br2ClN3O7. The van der Waals surface area contributed by atoms with Crippen LogP contribution in [0, 0.1) is 0 Å². The van der Waals surface area contributed by atoms with Gasteiger partial charge >= 0.3 is 5.97 Å². The number of methoxy groups -OCH3 is 3. The molecule has 3 aromatic rings. The summed E-state index contributed by atoms with van der Waals surface area (Å²) in [6.07, 6.45) is 1.30. The molecule has 0 aliphatic carbocycles. The first-order valence-corrected chi connectivity index (χ1v) is 13.0. The van der Waals surface area contributed by atoms with E-state index in [0.29, 0.717) is 30.8 Å². The van der Waals surface area contributed by atoms with Gasteiger partial charge in [-0.05, 0) is 64.5 Å². The maximum absolute atomic E-state index is 13.0. The molecule has 2 N–H and O–H groups in total. The first kappa shape index (κ1) is 29.9. The summed E-state index contributed by atoms with van der Waals surface area (Å²) in [6.45, 7) is -0.316. The summed E-state index contributed by atoms with van der Waals surface area (Å²) < 4.78 is 22.6. The number of nitrogens with zero attached hydrogens (tertiary/aromatic N) is 1. The monoisotopic (exact) mass is 681 g/mol. The number of nitrogens with one attached hydrogen (secondary N) is 2. The molecule has 3 aromatic carbocycles. The minimum atomic E-state index is -0.708. The Kier molecular flexibility index (Phi) is 10.7. The highest BCUT2D eigenvalue weighted by molar-refractivity contribution is 9.11. The number of carbonyl (C=O) groups is 3. The highest BCUT2D eigenvalue weighted by Gasteiger charge is 2.20. The molecule has 2 amide bonds. The van der Waals surface area contributed by atoms with Crippen molar-refractivity contribution < 1.29 is 33.3 Å². The molecule has 0 atom stereocenters. The lowest BCUT2D eigenvalue weighted by molar-refractivity contribution is -0.120. The number of benzene rings is 3. The first-order valence-electron chi connectivity index (χ1n) is 11.0. The van der Waals surface area contributed by atoms with E-state index in [9.17, 15) is 14.4 Å². The van der Waals surface area contributed by atoms with Gasteiger partial charge in [0.05, 0.1) is 44.1 Å². The second-order valence-corrected chi connectivity index (χ2v) is 9.80. The Morgan fingerprint density at radius 3 is 2.13 bits per heavy atom. The Morgan fingerprint density at radius 1 is 0.897 bits per heavy atom. The average Bonchev–Trinajstić information content (AvgIpc) is 2.92. The van der Waals surface area contributed by atoms with E-state index in [1.54, 1.807) is 36.4 Å². The Morgan fingerprint density at radius 2 is 1.54 bits per heavy atom. The summed E-state index contributed by atoms with van der Waals surface area (Å²) in [6, 6.07) is 12.5. The fourth-order valence-corrected chi connectivity index (χ4v) is 4.68. The van der Waals surface area contributed by atoms with Crippen molar-refractivity contribution in [3.63, 3.8) is 0 Å². The average molecular weight is 684 g/mol. The van der Waals surface area contributed by atoms with E-state index in [0.717, 1.165) is 0 Å². The second kappa shape index (κ2) is 14.0. The van der Waals surface area contributed by atoms with Gasteiger partial charge in [0.1, 0.15) is 0 Å². The van der Waals surface area contributed by atoms with E-state index in [4.69, 9.17) is 30.5 Å². The van der Waals surface area contributed by atoms with E-state index in [2.05, 4.69) is 47.7 Å². The van der Waals surface area contributed by atoms with Crippen molar-refractivity contribution >= 4 is 67.5 Å². The molecule has 0 aliphatic rings. The van der Waals surface area contributed by atoms with Gasteiger partial charge in [-0.25, -0.2) is 10.2 Å². The van der Waals surface area contributed by atoms with E-state index in [1.807, 2.05) is 0 Å². The van der Waals surface area contributed by atoms with Gasteiger partial charge in [-0.15, -0.1) is 0 Å². The van der Waals surface area contributed by atoms with Gasteiger partial charge < -0.3 is 24.3 Å². The maximum atomic E-state index is 13.0. The highest BCUT2D eigenvalue weighted by Crippen LogP contribution is 2.39. The molecule has 0 fully saturated rings. The Bertz CT molecular complexity index is 1390. The number of hydrogen-bond acceptors (Lipinski definition) is 8. The summed E-state index contributed by atoms with van der Waals surface area (Å²) in [5, 5.41) is 6.90. The number of ether oxygens (including phenoxy) is 4. The molecule has 0 aliphatic heterocycles. The smallest absolute Gasteiger partial charge is 0.343 e. The van der Waals surface area contributed by atoms with Crippen molar-refractivity contribution in [1.29, 1.82) is 0 Å². The van der Waals surface area contributed by atoms with Crippen LogP contribution in [0.5, 0.6) is 23.0 Å². The van der Waals surface area contributed by atoms with E-state index >= 15 is 0 Å². The highest BCUT2D eigenvalue weighted by atomic mass is 79.9. The lowest BCUT2D eigenvalue weighted by atomic mass is 10.1. The largest absolute Gasteiger partial charge is 0.493 e. The number of carbonyl (C=O) groups excluding carboxylic acids is 3. The quantitative estimate of drug-likeness (QED) is 0.134. The molecular weight excluding hydrogens is 662 g/mol. The molecule has 0 bridgehead atoms. The number of rotatable bonds is 10. The number of hydrazone groups is 1. The zero-order valence-electron chi connectivity index (χ0n) is 20.8. The molecule has 0 spiro atoms. The molecule has 204 valence electrons. The van der Waals surface area contributed by atoms with Crippen molar-refractivity contribution in [3.8, 4) is 23.0 Å². The van der Waals surface area contributed by atoms with Crippen LogP contribution in [0.2, 0.25) is 5.02 Å². The van der Waals surface area contributed by atoms with Crippen LogP contribution in [0.4, 0.5) is 0 Å². The van der Waals surface area contributed by atoms with Crippen molar-refractivity contribution in [1.82, 2.24) is 10.7 Å². The molecule has 3 rings (SSSR count). The number of esters is 1. The van der Waals surface area contributed by atoms with Crippen LogP contribution in [0.3, 0.4) is 0 Å². The first-order chi connectivity index (χ1) is 18.7. The minimum Gasteiger partial charge on any atom is -0.493 e. The van der Waals surface area contributed by atoms with Crippen LogP contribution in [0.1, 0.15) is 26.3 Å². The Hall–Kier alpha value is -3.61. The molecule has 0 saturated heterocycles. The predicted octanol–water partition coefficient (Wildman–Crippen LogP) is 4.99. The van der Waals surface area contributed by atoms with Crippen LogP contribution >= 0.6 is 43.5 Å². The third kappa shape index (κ3) is 7.94. The Balaban J connectivity index is 1.72. The van der Waals surface area contributed by atoms with Crippen LogP contribution in [0.25, 0.3) is 0 Å². The standard InChI is InChI=1S/C26H22Br2ClN3O7/c1-36-20-9-15(10-21(37-2)24(20)38-3)26(35)39-23-16(8-17(27)11-19(23)28)12-31-32-22(33)13-30-25(34)14-4-6-18(29)7-5-14/h4-12H,13H2,1-3H3,(H,30,34)(H,32,33). The second-order valence-electron chi connectivity index (χ2n) is 7.59. The minimum absolute atomic E-state index is 0.144. The van der Waals surface area contributed by atoms with Gasteiger partial charge in [-0.3, -0.25) is 9.59 Å². The van der Waals surface area contributed by atoms with E-state index in [-0.39, 0.29) is 29.4 Å². The van der Waals surface area contributed by atoms with Gasteiger partial charge in [0, 0.05) is 20.6 Å². The summed E-state index contributed by atoms with van der Waals surface area (Å²) >= 11 is 12.6. The molecule has 10 nitrogen and oxygen atoms in total. The molecule has 0 aromatic heterocycles. The SMILES string of the molecule is COc1cc(C(=O)Oc2c(Br)cc(Br)cc2C=NNC(=O)CNC(=O)c2ccc(Cl)cc2)cc(OC)c1OC. The van der Waals surface area contributed by atoms with Gasteiger partial charge in [0.2, 0.25) is 5.75 Å². The number of halogens is 3. The van der Waals surface area contributed by atoms with E-state index in [1.165, 1.54) is 39.7 Å². The third-order valence-corrected chi connectivity index (χ3v) is 6.34. The summed E-state index contributed by atoms with van der Waals surface area (Å²) in [5.74, 6) is -0.680. The molecule has 13 heteroatoms. The van der Waals surface area contributed by atoms with Gasteiger partial charge in [0.15, 0.2) is 17.2 Å². The van der Waals surface area contributed by atoms with Crippen LogP contribution in [-0.4, -0.2) is 51.9 Å². The van der Waals surface area contributed by atoms with Crippen molar-refractivity contribution in [3.05, 3.63) is 79.2 Å². The molecule has 0 unspecified atom stereocenters. The normalized spacial score (nSPS) is 10.6. The molecule has 0 saturated carbocycles. The van der Waals surface area contributed by atoms with E-state index < -0.39 is 17.8 Å². The zero-order valence-corrected chi connectivity index (χ0v) is 24.8. The van der Waals surface area contributed by atoms with Gasteiger partial charge in [-0.1, -0.05) is 27.5 Å². The lowest BCUT2D eigenvalue weighted by Crippen LogP contribution is -2.34. The lowest BCUT2D eigenvalue weighted by Gasteiger charge is -2.15.